The number of hydrogen-bond acceptors (Lipinski definition) is 6. The number of amides is 1. The van der Waals surface area contributed by atoms with Gasteiger partial charge in [-0.05, 0) is 37.1 Å². The van der Waals surface area contributed by atoms with Crippen molar-refractivity contribution in [3.05, 3.63) is 68.0 Å². The van der Waals surface area contributed by atoms with Gasteiger partial charge in [0, 0.05) is 28.1 Å². The molecule has 0 unspecified atom stereocenters. The van der Waals surface area contributed by atoms with E-state index >= 15 is 0 Å². The van der Waals surface area contributed by atoms with Gasteiger partial charge in [0.2, 0.25) is 0 Å². The Bertz CT molecular complexity index is 1030. The minimum absolute atomic E-state index is 0.0157. The number of halogens is 1. The van der Waals surface area contributed by atoms with Crippen molar-refractivity contribution in [1.29, 1.82) is 0 Å². The Morgan fingerprint density at radius 3 is 2.68 bits per heavy atom. The average Bonchev–Trinajstić information content (AvgIpc) is 3.13. The summed E-state index contributed by atoms with van der Waals surface area (Å²) >= 11 is 7.35. The zero-order chi connectivity index (χ0) is 20.3. The zero-order valence-corrected chi connectivity index (χ0v) is 16.6. The Hall–Kier alpha value is -2.97. The van der Waals surface area contributed by atoms with Crippen LogP contribution in [0.15, 0.2) is 41.8 Å². The number of nitro groups is 1. The summed E-state index contributed by atoms with van der Waals surface area (Å²) in [7, 11) is 0. The molecule has 144 valence electrons. The summed E-state index contributed by atoms with van der Waals surface area (Å²) < 4.78 is 5.52. The van der Waals surface area contributed by atoms with Crippen LogP contribution in [0, 0.1) is 24.0 Å². The van der Waals surface area contributed by atoms with Crippen LogP contribution in [-0.4, -0.2) is 22.4 Å². The van der Waals surface area contributed by atoms with Crippen molar-refractivity contribution in [2.24, 2.45) is 0 Å². The summed E-state index contributed by atoms with van der Waals surface area (Å²) in [5.74, 6) is 0.205. The van der Waals surface area contributed by atoms with E-state index in [1.807, 2.05) is 13.8 Å². The van der Waals surface area contributed by atoms with Crippen molar-refractivity contribution >= 4 is 39.7 Å². The number of carbonyl (C=O) groups is 1. The maximum atomic E-state index is 12.1. The molecule has 0 radical (unpaired) electrons. The number of aryl methyl sites for hydroxylation is 2. The molecule has 3 rings (SSSR count). The highest BCUT2D eigenvalue weighted by atomic mass is 35.5. The number of nitrogens with one attached hydrogen (secondary N) is 1. The van der Waals surface area contributed by atoms with Gasteiger partial charge in [-0.15, -0.1) is 11.3 Å². The molecule has 0 atom stereocenters. The quantitative estimate of drug-likeness (QED) is 0.449. The zero-order valence-electron chi connectivity index (χ0n) is 15.1. The predicted molar refractivity (Wildman–Crippen MR) is 109 cm³/mol. The van der Waals surface area contributed by atoms with Gasteiger partial charge in [-0.25, -0.2) is 4.98 Å². The average molecular weight is 418 g/mol. The first-order valence-corrected chi connectivity index (χ1v) is 9.49. The Labute approximate surface area is 170 Å². The molecule has 0 bridgehead atoms. The lowest BCUT2D eigenvalue weighted by Gasteiger charge is -2.09. The lowest BCUT2D eigenvalue weighted by atomic mass is 10.1. The number of nitro benzene ring substituents is 1. The topological polar surface area (TPSA) is 94.4 Å². The normalized spacial score (nSPS) is 10.5. The van der Waals surface area contributed by atoms with Gasteiger partial charge in [0.25, 0.3) is 11.6 Å². The molecule has 0 spiro atoms. The number of carbonyl (C=O) groups excluding carboxylic acids is 1. The van der Waals surface area contributed by atoms with Crippen molar-refractivity contribution in [1.82, 2.24) is 4.98 Å². The first-order chi connectivity index (χ1) is 13.3. The highest BCUT2D eigenvalue weighted by molar-refractivity contribution is 7.14. The van der Waals surface area contributed by atoms with E-state index in [0.717, 1.165) is 11.1 Å². The number of hydrogen-bond donors (Lipinski definition) is 1. The molecule has 2 aromatic carbocycles. The van der Waals surface area contributed by atoms with Gasteiger partial charge in [0.1, 0.15) is 5.75 Å². The van der Waals surface area contributed by atoms with E-state index in [9.17, 15) is 14.9 Å². The molecule has 1 N–H and O–H groups in total. The van der Waals surface area contributed by atoms with Gasteiger partial charge < -0.3 is 4.74 Å². The minimum Gasteiger partial charge on any atom is -0.484 e. The molecule has 0 saturated heterocycles. The van der Waals surface area contributed by atoms with Crippen LogP contribution in [0.1, 0.15) is 11.1 Å². The number of thiazole rings is 1. The molecule has 0 saturated carbocycles. The van der Waals surface area contributed by atoms with Crippen LogP contribution in [0.5, 0.6) is 5.75 Å². The van der Waals surface area contributed by atoms with Crippen LogP contribution in [0.3, 0.4) is 0 Å². The largest absolute Gasteiger partial charge is 0.484 e. The molecule has 1 aromatic heterocycles. The van der Waals surface area contributed by atoms with Crippen molar-refractivity contribution in [3.8, 4) is 17.0 Å². The lowest BCUT2D eigenvalue weighted by Crippen LogP contribution is -2.20. The van der Waals surface area contributed by atoms with Gasteiger partial charge >= 0.3 is 0 Å². The summed E-state index contributed by atoms with van der Waals surface area (Å²) in [5.41, 5.74) is 2.89. The second-order valence-electron chi connectivity index (χ2n) is 6.05. The van der Waals surface area contributed by atoms with Gasteiger partial charge in [0.15, 0.2) is 11.7 Å². The molecule has 3 aromatic rings. The van der Waals surface area contributed by atoms with Crippen LogP contribution in [0.2, 0.25) is 5.02 Å². The predicted octanol–water partition coefficient (Wildman–Crippen LogP) is 5.01. The Kier molecular flexibility index (Phi) is 5.91. The fraction of sp³-hybridized carbons (Fsp3) is 0.158. The summed E-state index contributed by atoms with van der Waals surface area (Å²) in [5, 5.41) is 16.3. The molecule has 1 amide bonds. The molecule has 0 fully saturated rings. The highest BCUT2D eigenvalue weighted by Crippen LogP contribution is 2.28. The fourth-order valence-electron chi connectivity index (χ4n) is 2.54. The molecule has 9 heteroatoms. The standard InChI is InChI=1S/C19H16ClN3O4S/c1-11-6-15(7-12(2)18(11)20)27-9-17(24)22-19-21-16(10-28-19)13-4-3-5-14(8-13)23(25)26/h3-8,10H,9H2,1-2H3,(H,21,22,24). The number of non-ortho nitro benzene ring substituents is 1. The van der Waals surface area contributed by atoms with E-state index in [2.05, 4.69) is 10.3 Å². The van der Waals surface area contributed by atoms with E-state index in [0.29, 0.717) is 27.2 Å². The molecular weight excluding hydrogens is 402 g/mol. The third-order valence-electron chi connectivity index (χ3n) is 3.88. The fourth-order valence-corrected chi connectivity index (χ4v) is 3.38. The Morgan fingerprint density at radius 2 is 2.00 bits per heavy atom. The monoisotopic (exact) mass is 417 g/mol. The second kappa shape index (κ2) is 8.37. The molecule has 0 aliphatic carbocycles. The van der Waals surface area contributed by atoms with Crippen LogP contribution in [0.25, 0.3) is 11.3 Å². The number of benzene rings is 2. The van der Waals surface area contributed by atoms with Crippen LogP contribution < -0.4 is 10.1 Å². The maximum Gasteiger partial charge on any atom is 0.270 e. The van der Waals surface area contributed by atoms with E-state index in [1.54, 1.807) is 29.6 Å². The third-order valence-corrected chi connectivity index (χ3v) is 5.24. The van der Waals surface area contributed by atoms with Crippen molar-refractivity contribution in [3.63, 3.8) is 0 Å². The third kappa shape index (κ3) is 4.65. The summed E-state index contributed by atoms with van der Waals surface area (Å²) in [6, 6.07) is 9.71. The van der Waals surface area contributed by atoms with Gasteiger partial charge in [-0.3, -0.25) is 20.2 Å². The number of aromatic nitrogens is 1. The molecule has 7 nitrogen and oxygen atoms in total. The van der Waals surface area contributed by atoms with Crippen LogP contribution >= 0.6 is 22.9 Å². The first kappa shape index (κ1) is 19.8. The van der Waals surface area contributed by atoms with Crippen molar-refractivity contribution < 1.29 is 14.5 Å². The van der Waals surface area contributed by atoms with E-state index < -0.39 is 4.92 Å². The summed E-state index contributed by atoms with van der Waals surface area (Å²) in [4.78, 5) is 26.9. The molecule has 1 heterocycles. The number of ether oxygens (including phenoxy) is 1. The highest BCUT2D eigenvalue weighted by Gasteiger charge is 2.12. The Balaban J connectivity index is 1.63. The molecular formula is C19H16ClN3O4S. The van der Waals surface area contributed by atoms with E-state index in [-0.39, 0.29) is 18.2 Å². The Morgan fingerprint density at radius 1 is 1.29 bits per heavy atom. The van der Waals surface area contributed by atoms with Crippen LogP contribution in [0.4, 0.5) is 10.8 Å². The number of nitrogens with zero attached hydrogens (tertiary/aromatic N) is 2. The second-order valence-corrected chi connectivity index (χ2v) is 7.29. The molecule has 0 aliphatic rings. The molecule has 0 aliphatic heterocycles. The van der Waals surface area contributed by atoms with E-state index in [4.69, 9.17) is 16.3 Å². The summed E-state index contributed by atoms with van der Waals surface area (Å²) in [6.07, 6.45) is 0. The van der Waals surface area contributed by atoms with Gasteiger partial charge in [-0.2, -0.15) is 0 Å². The number of rotatable bonds is 6. The van der Waals surface area contributed by atoms with Crippen LogP contribution in [-0.2, 0) is 4.79 Å². The molecule has 28 heavy (non-hydrogen) atoms. The smallest absolute Gasteiger partial charge is 0.270 e. The van der Waals surface area contributed by atoms with E-state index in [1.165, 1.54) is 23.5 Å². The van der Waals surface area contributed by atoms with Gasteiger partial charge in [-0.1, -0.05) is 23.7 Å². The maximum absolute atomic E-state index is 12.1. The van der Waals surface area contributed by atoms with Crippen molar-refractivity contribution in [2.75, 3.05) is 11.9 Å². The SMILES string of the molecule is Cc1cc(OCC(=O)Nc2nc(-c3cccc([N+](=O)[O-])c3)cs2)cc(C)c1Cl. The minimum atomic E-state index is -0.462. The number of anilines is 1. The lowest BCUT2D eigenvalue weighted by molar-refractivity contribution is -0.384. The first-order valence-electron chi connectivity index (χ1n) is 8.23. The van der Waals surface area contributed by atoms with Crippen molar-refractivity contribution in [2.45, 2.75) is 13.8 Å². The summed E-state index contributed by atoms with van der Waals surface area (Å²) in [6.45, 7) is 3.56. The van der Waals surface area contributed by atoms with Gasteiger partial charge in [0.05, 0.1) is 10.6 Å².